The molecule has 4 atom stereocenters. The van der Waals surface area contributed by atoms with Crippen LogP contribution in [0.4, 0.5) is 0 Å². The number of phenols is 1. The van der Waals surface area contributed by atoms with Crippen LogP contribution < -0.4 is 38.9 Å². The number of benzene rings is 2. The van der Waals surface area contributed by atoms with E-state index in [0.29, 0.717) is 24.9 Å². The summed E-state index contributed by atoms with van der Waals surface area (Å²) in [4.78, 5) is 59.4. The summed E-state index contributed by atoms with van der Waals surface area (Å²) >= 11 is 0. The Morgan fingerprint density at radius 3 is 2.13 bits per heavy atom. The predicted molar refractivity (Wildman–Crippen MR) is 178 cm³/mol. The third kappa shape index (κ3) is 11.6. The quantitative estimate of drug-likeness (QED) is 0.0459. The molecule has 47 heavy (non-hydrogen) atoms. The van der Waals surface area contributed by atoms with Crippen LogP contribution in [0.3, 0.4) is 0 Å². The van der Waals surface area contributed by atoms with Gasteiger partial charge in [0, 0.05) is 30.1 Å². The van der Waals surface area contributed by atoms with Gasteiger partial charge in [-0.3, -0.25) is 19.4 Å². The van der Waals surface area contributed by atoms with Crippen molar-refractivity contribution in [1.82, 2.24) is 20.9 Å². The number of H-pyrrole nitrogens is 1. The Labute approximate surface area is 272 Å². The molecule has 0 aliphatic carbocycles. The molecule has 0 fully saturated rings. The molecule has 3 rings (SSSR count). The third-order valence-corrected chi connectivity index (χ3v) is 7.60. The molecule has 4 unspecified atom stereocenters. The predicted octanol–water partition coefficient (Wildman–Crippen LogP) is -0.292. The molecule has 1 aromatic heterocycles. The number of aliphatic imine (C=N–C) groups is 1. The van der Waals surface area contributed by atoms with Crippen molar-refractivity contribution >= 4 is 40.6 Å². The van der Waals surface area contributed by atoms with E-state index in [0.717, 1.165) is 16.5 Å². The molecule has 0 spiro atoms. The number of carbonyl (C=O) groups excluding carboxylic acids is 3. The van der Waals surface area contributed by atoms with Gasteiger partial charge < -0.3 is 54.1 Å². The standard InChI is InChI=1S/C32H45N9O6/c33-14-4-3-8-26(31(46)47)40-29(44)25(9-5-15-37-32(35)36)39-30(45)27(16-19-10-12-21(42)13-11-19)41-28(43)23(34)17-20-18-38-24-7-2-1-6-22(20)24/h1-2,6-7,10-13,18,23,25-27,38,42H,3-5,8-9,14-17,33-34H2,(H,39,45)(H,40,44)(H,41,43)(H,46,47)(H4,35,36,37). The monoisotopic (exact) mass is 651 g/mol. The molecular weight excluding hydrogens is 606 g/mol. The second-order valence-electron chi connectivity index (χ2n) is 11.3. The van der Waals surface area contributed by atoms with Gasteiger partial charge in [0.05, 0.1) is 6.04 Å². The summed E-state index contributed by atoms with van der Waals surface area (Å²) in [5.74, 6) is -3.33. The van der Waals surface area contributed by atoms with Crippen LogP contribution in [0.1, 0.15) is 43.2 Å². The van der Waals surface area contributed by atoms with Crippen molar-refractivity contribution in [2.45, 2.75) is 69.1 Å². The van der Waals surface area contributed by atoms with Crippen molar-refractivity contribution in [2.75, 3.05) is 13.1 Å². The number of nitrogens with zero attached hydrogens (tertiary/aromatic N) is 1. The molecule has 3 amide bonds. The zero-order valence-electron chi connectivity index (χ0n) is 26.2. The molecule has 14 N–H and O–H groups in total. The number of aromatic amines is 1. The van der Waals surface area contributed by atoms with Gasteiger partial charge >= 0.3 is 5.97 Å². The van der Waals surface area contributed by atoms with Gasteiger partial charge in [-0.25, -0.2) is 4.79 Å². The van der Waals surface area contributed by atoms with Gasteiger partial charge in [-0.1, -0.05) is 30.3 Å². The maximum atomic E-state index is 13.8. The Hall–Kier alpha value is -5.15. The van der Waals surface area contributed by atoms with Crippen LogP contribution in [-0.2, 0) is 32.0 Å². The minimum absolute atomic E-state index is 0.0108. The summed E-state index contributed by atoms with van der Waals surface area (Å²) in [7, 11) is 0. The van der Waals surface area contributed by atoms with Gasteiger partial charge in [-0.05, 0) is 74.4 Å². The topological polar surface area (TPSA) is 277 Å². The molecule has 0 saturated carbocycles. The summed E-state index contributed by atoms with van der Waals surface area (Å²) in [5.41, 5.74) is 25.0. The number of nitrogens with one attached hydrogen (secondary N) is 4. The van der Waals surface area contributed by atoms with Gasteiger partial charge in [-0.2, -0.15) is 0 Å². The Kier molecular flexibility index (Phi) is 14.0. The number of carboxylic acid groups (broad SMARTS) is 1. The number of amides is 3. The molecule has 2 aromatic carbocycles. The Morgan fingerprint density at radius 2 is 1.45 bits per heavy atom. The number of guanidine groups is 1. The van der Waals surface area contributed by atoms with Gasteiger partial charge in [0.2, 0.25) is 17.7 Å². The highest BCUT2D eigenvalue weighted by molar-refractivity contribution is 5.94. The zero-order valence-corrected chi connectivity index (χ0v) is 26.2. The number of rotatable bonds is 19. The fourth-order valence-electron chi connectivity index (χ4n) is 5.05. The molecule has 254 valence electrons. The van der Waals surface area contributed by atoms with Crippen LogP contribution in [0.2, 0.25) is 0 Å². The summed E-state index contributed by atoms with van der Waals surface area (Å²) in [5, 5.41) is 28.2. The maximum Gasteiger partial charge on any atom is 0.326 e. The molecule has 3 aromatic rings. The number of carbonyl (C=O) groups is 4. The number of carboxylic acids is 1. The summed E-state index contributed by atoms with van der Waals surface area (Å²) < 4.78 is 0. The van der Waals surface area contributed by atoms with Crippen LogP contribution in [0.15, 0.2) is 59.7 Å². The largest absolute Gasteiger partial charge is 0.508 e. The number of hydrogen-bond acceptors (Lipinski definition) is 8. The van der Waals surface area contributed by atoms with Crippen LogP contribution in [0.25, 0.3) is 10.9 Å². The van der Waals surface area contributed by atoms with Crippen LogP contribution in [0, 0.1) is 0 Å². The number of unbranched alkanes of at least 4 members (excludes halogenated alkanes) is 1. The van der Waals surface area contributed by atoms with Crippen molar-refractivity contribution in [2.24, 2.45) is 27.9 Å². The number of aromatic hydroxyl groups is 1. The van der Waals surface area contributed by atoms with E-state index in [9.17, 15) is 29.4 Å². The normalized spacial score (nSPS) is 13.6. The fraction of sp³-hybridized carbons (Fsp3) is 0.406. The number of aromatic nitrogens is 1. The van der Waals surface area contributed by atoms with E-state index in [2.05, 4.69) is 25.9 Å². The second-order valence-corrected chi connectivity index (χ2v) is 11.3. The van der Waals surface area contributed by atoms with E-state index >= 15 is 0 Å². The van der Waals surface area contributed by atoms with E-state index in [1.165, 1.54) is 12.1 Å². The van der Waals surface area contributed by atoms with E-state index in [1.54, 1.807) is 18.3 Å². The highest BCUT2D eigenvalue weighted by Crippen LogP contribution is 2.19. The van der Waals surface area contributed by atoms with E-state index in [1.807, 2.05) is 24.3 Å². The van der Waals surface area contributed by atoms with Gasteiger partial charge in [0.15, 0.2) is 5.96 Å². The lowest BCUT2D eigenvalue weighted by molar-refractivity contribution is -0.142. The number of nitrogens with two attached hydrogens (primary N) is 4. The Morgan fingerprint density at radius 1 is 0.809 bits per heavy atom. The van der Waals surface area contributed by atoms with Crippen molar-refractivity contribution in [3.05, 3.63) is 65.9 Å². The lowest BCUT2D eigenvalue weighted by Gasteiger charge is -2.25. The van der Waals surface area contributed by atoms with Gasteiger partial charge in [-0.15, -0.1) is 0 Å². The molecule has 0 bridgehead atoms. The first kappa shape index (κ1) is 36.3. The molecule has 1 heterocycles. The van der Waals surface area contributed by atoms with Gasteiger partial charge in [0.25, 0.3) is 0 Å². The van der Waals surface area contributed by atoms with Gasteiger partial charge in [0.1, 0.15) is 23.9 Å². The summed E-state index contributed by atoms with van der Waals surface area (Å²) in [6.07, 6.45) is 3.56. The average Bonchev–Trinajstić information content (AvgIpc) is 3.44. The van der Waals surface area contributed by atoms with E-state index in [4.69, 9.17) is 22.9 Å². The third-order valence-electron chi connectivity index (χ3n) is 7.60. The van der Waals surface area contributed by atoms with E-state index < -0.39 is 47.9 Å². The first-order valence-corrected chi connectivity index (χ1v) is 15.5. The Bertz CT molecular complexity index is 1520. The second kappa shape index (κ2) is 18.1. The first-order chi connectivity index (χ1) is 22.5. The molecule has 0 aliphatic heterocycles. The fourth-order valence-corrected chi connectivity index (χ4v) is 5.05. The molecule has 0 radical (unpaired) electrons. The highest BCUT2D eigenvalue weighted by atomic mass is 16.4. The smallest absolute Gasteiger partial charge is 0.326 e. The molecule has 0 aliphatic rings. The van der Waals surface area contributed by atoms with Crippen molar-refractivity contribution in [3.63, 3.8) is 0 Å². The summed E-state index contributed by atoms with van der Waals surface area (Å²) in [6.45, 7) is 0.542. The van der Waals surface area contributed by atoms with Crippen molar-refractivity contribution in [1.29, 1.82) is 0 Å². The molecule has 0 saturated heterocycles. The maximum absolute atomic E-state index is 13.8. The number of hydrogen-bond donors (Lipinski definition) is 10. The summed E-state index contributed by atoms with van der Waals surface area (Å²) in [6, 6.07) is 9.15. The minimum Gasteiger partial charge on any atom is -0.508 e. The molecule has 15 nitrogen and oxygen atoms in total. The average molecular weight is 652 g/mol. The van der Waals surface area contributed by atoms with Crippen LogP contribution in [0.5, 0.6) is 5.75 Å². The van der Waals surface area contributed by atoms with Crippen molar-refractivity contribution in [3.8, 4) is 5.75 Å². The van der Waals surface area contributed by atoms with Crippen LogP contribution in [-0.4, -0.2) is 82.1 Å². The first-order valence-electron chi connectivity index (χ1n) is 15.5. The lowest BCUT2D eigenvalue weighted by atomic mass is 10.0. The highest BCUT2D eigenvalue weighted by Gasteiger charge is 2.30. The van der Waals surface area contributed by atoms with Crippen LogP contribution >= 0.6 is 0 Å². The molecular formula is C32H45N9O6. The lowest BCUT2D eigenvalue weighted by Crippen LogP contribution is -2.57. The minimum atomic E-state index is -1.22. The Balaban J connectivity index is 1.80. The number of phenolic OH excluding ortho intramolecular Hbond substituents is 1. The zero-order chi connectivity index (χ0) is 34.3. The molecule has 15 heteroatoms. The SMILES string of the molecule is NCCCCC(NC(=O)C(CCCN=C(N)N)NC(=O)C(Cc1ccc(O)cc1)NC(=O)C(N)Cc1c[nH]c2ccccc12)C(=O)O. The number of fused-ring (bicyclic) bond motifs is 1. The number of aliphatic carboxylic acids is 1. The van der Waals surface area contributed by atoms with Crippen molar-refractivity contribution < 1.29 is 29.4 Å². The van der Waals surface area contributed by atoms with E-state index in [-0.39, 0.29) is 50.4 Å². The number of para-hydroxylation sites is 1.